The van der Waals surface area contributed by atoms with Crippen LogP contribution in [0.4, 0.5) is 5.69 Å². The fraction of sp³-hybridized carbons (Fsp3) is 0.250. The lowest BCUT2D eigenvalue weighted by Crippen LogP contribution is -2.19. The summed E-state index contributed by atoms with van der Waals surface area (Å²) in [5, 5.41) is 7.18. The van der Waals surface area contributed by atoms with Crippen LogP contribution in [-0.4, -0.2) is 17.5 Å². The first-order chi connectivity index (χ1) is 8.88. The van der Waals surface area contributed by atoms with E-state index in [1.165, 1.54) is 6.92 Å². The Hall–Kier alpha value is -1.59. The molecule has 2 amide bonds. The summed E-state index contributed by atoms with van der Waals surface area (Å²) in [7, 11) is 0. The second-order valence-corrected chi connectivity index (χ2v) is 4.68. The Morgan fingerprint density at radius 3 is 2.47 bits per heavy atom. The third kappa shape index (κ3) is 5.72. The molecule has 0 spiro atoms. The average Bonchev–Trinajstić information content (AvgIpc) is 2.31. The Morgan fingerprint density at radius 1 is 1.21 bits per heavy atom. The molecule has 5 nitrogen and oxygen atoms in total. The van der Waals surface area contributed by atoms with Crippen molar-refractivity contribution in [1.29, 1.82) is 0 Å². The van der Waals surface area contributed by atoms with Gasteiger partial charge in [-0.3, -0.25) is 9.59 Å². The van der Waals surface area contributed by atoms with Gasteiger partial charge in [0.15, 0.2) is 0 Å². The molecule has 0 aromatic heterocycles. The molecule has 0 radical (unpaired) electrons. The Balaban J connectivity index is 2.57. The van der Waals surface area contributed by atoms with Crippen LogP contribution < -0.4 is 10.7 Å². The van der Waals surface area contributed by atoms with Gasteiger partial charge in [0, 0.05) is 18.3 Å². The molecule has 1 rings (SSSR count). The second kappa shape index (κ2) is 7.11. The molecule has 2 N–H and O–H groups in total. The minimum absolute atomic E-state index is 0.0700. The Bertz CT molecular complexity index is 530. The Labute approximate surface area is 121 Å². The van der Waals surface area contributed by atoms with Crippen LogP contribution in [0.5, 0.6) is 0 Å². The third-order valence-corrected chi connectivity index (χ3v) is 2.76. The summed E-state index contributed by atoms with van der Waals surface area (Å²) in [5.74, 6) is -0.547. The van der Waals surface area contributed by atoms with Gasteiger partial charge in [0.2, 0.25) is 11.8 Å². The first kappa shape index (κ1) is 15.5. The van der Waals surface area contributed by atoms with Crippen molar-refractivity contribution < 1.29 is 9.59 Å². The lowest BCUT2D eigenvalue weighted by molar-refractivity contribution is -0.119. The number of carbonyl (C=O) groups is 2. The van der Waals surface area contributed by atoms with Crippen LogP contribution in [-0.2, 0) is 9.59 Å². The minimum atomic E-state index is -0.288. The number of hydrazone groups is 1. The van der Waals surface area contributed by atoms with Crippen molar-refractivity contribution in [3.05, 3.63) is 28.2 Å². The maximum atomic E-state index is 11.7. The third-order valence-electron chi connectivity index (χ3n) is 2.02. The molecule has 0 unspecified atom stereocenters. The maximum Gasteiger partial charge on any atom is 0.236 e. The van der Waals surface area contributed by atoms with Crippen LogP contribution in [0, 0.1) is 0 Å². The van der Waals surface area contributed by atoms with Crippen LogP contribution in [0.3, 0.4) is 0 Å². The van der Waals surface area contributed by atoms with Crippen LogP contribution in [0.2, 0.25) is 10.0 Å². The Morgan fingerprint density at radius 2 is 1.89 bits per heavy atom. The number of nitrogens with one attached hydrogen (secondary N) is 2. The van der Waals surface area contributed by atoms with Gasteiger partial charge in [0.25, 0.3) is 0 Å². The van der Waals surface area contributed by atoms with Crippen molar-refractivity contribution in [2.75, 3.05) is 5.32 Å². The number of hydrogen-bond donors (Lipinski definition) is 2. The highest BCUT2D eigenvalue weighted by Crippen LogP contribution is 2.24. The molecule has 7 heteroatoms. The number of benzene rings is 1. The first-order valence-corrected chi connectivity index (χ1v) is 6.18. The molecule has 19 heavy (non-hydrogen) atoms. The van der Waals surface area contributed by atoms with E-state index in [1.54, 1.807) is 25.1 Å². The molecule has 0 aliphatic carbocycles. The summed E-state index contributed by atoms with van der Waals surface area (Å²) < 4.78 is 0. The molecular weight excluding hydrogens is 289 g/mol. The summed E-state index contributed by atoms with van der Waals surface area (Å²) in [5.41, 5.74) is 3.30. The summed E-state index contributed by atoms with van der Waals surface area (Å²) in [6.45, 7) is 2.98. The van der Waals surface area contributed by atoms with Crippen LogP contribution in [0.15, 0.2) is 23.3 Å². The number of rotatable bonds is 4. The zero-order chi connectivity index (χ0) is 14.4. The number of halogens is 2. The average molecular weight is 302 g/mol. The van der Waals surface area contributed by atoms with Crippen molar-refractivity contribution >= 4 is 46.4 Å². The van der Waals surface area contributed by atoms with Gasteiger partial charge in [-0.25, -0.2) is 5.43 Å². The summed E-state index contributed by atoms with van der Waals surface area (Å²) in [6, 6.07) is 4.80. The van der Waals surface area contributed by atoms with E-state index in [2.05, 4.69) is 15.8 Å². The molecule has 1 aromatic carbocycles. The van der Waals surface area contributed by atoms with E-state index in [9.17, 15) is 9.59 Å². The van der Waals surface area contributed by atoms with Crippen LogP contribution in [0.25, 0.3) is 0 Å². The molecule has 0 bridgehead atoms. The number of hydrogen-bond acceptors (Lipinski definition) is 3. The largest absolute Gasteiger partial charge is 0.326 e. The van der Waals surface area contributed by atoms with Crippen LogP contribution in [0.1, 0.15) is 20.3 Å². The summed E-state index contributed by atoms with van der Waals surface area (Å²) >= 11 is 11.6. The monoisotopic (exact) mass is 301 g/mol. The fourth-order valence-corrected chi connectivity index (χ4v) is 1.52. The van der Waals surface area contributed by atoms with Crippen molar-refractivity contribution in [3.8, 4) is 0 Å². The highest BCUT2D eigenvalue weighted by Gasteiger charge is 2.06. The SMILES string of the molecule is CC(=O)NN=C(C)CC(=O)Nc1ccc(Cl)c(Cl)c1. The molecule has 0 heterocycles. The van der Waals surface area contributed by atoms with E-state index in [1.807, 2.05) is 0 Å². The molecule has 0 fully saturated rings. The molecule has 102 valence electrons. The smallest absolute Gasteiger partial charge is 0.236 e. The highest BCUT2D eigenvalue weighted by atomic mass is 35.5. The van der Waals surface area contributed by atoms with E-state index in [0.717, 1.165) is 0 Å². The van der Waals surface area contributed by atoms with Crippen molar-refractivity contribution in [2.24, 2.45) is 5.10 Å². The van der Waals surface area contributed by atoms with E-state index >= 15 is 0 Å². The zero-order valence-electron chi connectivity index (χ0n) is 10.5. The lowest BCUT2D eigenvalue weighted by atomic mass is 10.2. The fourth-order valence-electron chi connectivity index (χ4n) is 1.23. The zero-order valence-corrected chi connectivity index (χ0v) is 12.0. The maximum absolute atomic E-state index is 11.7. The molecule has 0 atom stereocenters. The van der Waals surface area contributed by atoms with Gasteiger partial charge in [-0.2, -0.15) is 5.10 Å². The topological polar surface area (TPSA) is 70.6 Å². The normalized spacial score (nSPS) is 11.1. The van der Waals surface area contributed by atoms with Gasteiger partial charge in [-0.05, 0) is 25.1 Å². The summed E-state index contributed by atoms with van der Waals surface area (Å²) in [6.07, 6.45) is 0.0700. The van der Waals surface area contributed by atoms with Gasteiger partial charge in [-0.1, -0.05) is 23.2 Å². The van der Waals surface area contributed by atoms with Gasteiger partial charge in [-0.15, -0.1) is 0 Å². The van der Waals surface area contributed by atoms with E-state index in [0.29, 0.717) is 21.4 Å². The van der Waals surface area contributed by atoms with Crippen molar-refractivity contribution in [2.45, 2.75) is 20.3 Å². The van der Waals surface area contributed by atoms with Crippen LogP contribution >= 0.6 is 23.2 Å². The minimum Gasteiger partial charge on any atom is -0.326 e. The number of anilines is 1. The van der Waals surface area contributed by atoms with E-state index in [4.69, 9.17) is 23.2 Å². The lowest BCUT2D eigenvalue weighted by Gasteiger charge is -2.06. The van der Waals surface area contributed by atoms with E-state index in [-0.39, 0.29) is 18.2 Å². The summed E-state index contributed by atoms with van der Waals surface area (Å²) in [4.78, 5) is 22.3. The van der Waals surface area contributed by atoms with Crippen molar-refractivity contribution in [3.63, 3.8) is 0 Å². The molecule has 1 aromatic rings. The number of carbonyl (C=O) groups excluding carboxylic acids is 2. The number of amides is 2. The van der Waals surface area contributed by atoms with Crippen molar-refractivity contribution in [1.82, 2.24) is 5.43 Å². The van der Waals surface area contributed by atoms with Gasteiger partial charge < -0.3 is 5.32 Å². The standard InChI is InChI=1S/C12H13Cl2N3O2/c1-7(16-17-8(2)18)5-12(19)15-9-3-4-10(13)11(14)6-9/h3-4,6H,5H2,1-2H3,(H,15,19)(H,17,18). The highest BCUT2D eigenvalue weighted by molar-refractivity contribution is 6.42. The second-order valence-electron chi connectivity index (χ2n) is 3.87. The molecule has 0 aliphatic heterocycles. The number of nitrogens with zero attached hydrogens (tertiary/aromatic N) is 1. The Kier molecular flexibility index (Phi) is 5.79. The van der Waals surface area contributed by atoms with Gasteiger partial charge in [0.05, 0.1) is 16.5 Å². The predicted molar refractivity (Wildman–Crippen MR) is 76.6 cm³/mol. The molecule has 0 saturated heterocycles. The molecular formula is C12H13Cl2N3O2. The molecule has 0 aliphatic rings. The van der Waals surface area contributed by atoms with Gasteiger partial charge >= 0.3 is 0 Å². The first-order valence-electron chi connectivity index (χ1n) is 5.43. The quantitative estimate of drug-likeness (QED) is 0.663. The molecule has 0 saturated carbocycles. The van der Waals surface area contributed by atoms with Gasteiger partial charge in [0.1, 0.15) is 0 Å². The van der Waals surface area contributed by atoms with E-state index < -0.39 is 0 Å². The predicted octanol–water partition coefficient (Wildman–Crippen LogP) is 2.83.